The molecule has 1 aliphatic rings. The van der Waals surface area contributed by atoms with Crippen LogP contribution in [0.3, 0.4) is 0 Å². The average molecular weight is 377 g/mol. The summed E-state index contributed by atoms with van der Waals surface area (Å²) in [6.07, 6.45) is 6.13. The van der Waals surface area contributed by atoms with E-state index in [0.717, 1.165) is 24.3 Å². The predicted octanol–water partition coefficient (Wildman–Crippen LogP) is 3.89. The van der Waals surface area contributed by atoms with Crippen LogP contribution in [-0.2, 0) is 5.41 Å². The summed E-state index contributed by atoms with van der Waals surface area (Å²) in [4.78, 5) is 2.58. The summed E-state index contributed by atoms with van der Waals surface area (Å²) in [5.74, 6) is 0.864. The number of hydrogen-bond acceptors (Lipinski definition) is 4. The third kappa shape index (κ3) is 8.20. The van der Waals surface area contributed by atoms with E-state index in [1.54, 1.807) is 0 Å². The molecule has 2 N–H and O–H groups in total. The molecule has 0 bridgehead atoms. The van der Waals surface area contributed by atoms with Gasteiger partial charge in [-0.1, -0.05) is 45.7 Å². The normalized spacial score (nSPS) is 17.5. The maximum Gasteiger partial charge on any atom is 0.122 e. The van der Waals surface area contributed by atoms with Crippen molar-refractivity contribution in [3.05, 3.63) is 29.3 Å². The van der Waals surface area contributed by atoms with Crippen molar-refractivity contribution >= 4 is 0 Å². The van der Waals surface area contributed by atoms with Gasteiger partial charge >= 0.3 is 0 Å². The third-order valence-electron chi connectivity index (χ3n) is 5.38. The van der Waals surface area contributed by atoms with E-state index in [0.29, 0.717) is 13.2 Å². The van der Waals surface area contributed by atoms with Gasteiger partial charge in [-0.25, -0.2) is 0 Å². The van der Waals surface area contributed by atoms with E-state index >= 15 is 0 Å². The van der Waals surface area contributed by atoms with Crippen LogP contribution in [-0.4, -0.2) is 55.4 Å². The maximum atomic E-state index is 10.2. The molecule has 27 heavy (non-hydrogen) atoms. The highest BCUT2D eigenvalue weighted by Gasteiger charge is 2.15. The molecule has 0 amide bonds. The summed E-state index contributed by atoms with van der Waals surface area (Å²) < 4.78 is 5.83. The van der Waals surface area contributed by atoms with Gasteiger partial charge in [-0.3, -0.25) is 0 Å². The number of benzene rings is 1. The first-order valence-electron chi connectivity index (χ1n) is 10.7. The molecule has 1 aliphatic heterocycles. The highest BCUT2D eigenvalue weighted by molar-refractivity contribution is 5.38. The van der Waals surface area contributed by atoms with Crippen molar-refractivity contribution < 1.29 is 9.84 Å². The fourth-order valence-electron chi connectivity index (χ4n) is 3.58. The molecule has 1 aromatic carbocycles. The van der Waals surface area contributed by atoms with Crippen LogP contribution in [0.25, 0.3) is 0 Å². The van der Waals surface area contributed by atoms with E-state index in [1.165, 1.54) is 50.9 Å². The Hall–Kier alpha value is -1.10. The van der Waals surface area contributed by atoms with Crippen LogP contribution in [0, 0.1) is 6.92 Å². The Kier molecular flexibility index (Phi) is 9.07. The van der Waals surface area contributed by atoms with E-state index in [4.69, 9.17) is 4.74 Å². The van der Waals surface area contributed by atoms with E-state index < -0.39 is 6.10 Å². The van der Waals surface area contributed by atoms with Crippen LogP contribution in [0.1, 0.15) is 64.0 Å². The van der Waals surface area contributed by atoms with E-state index in [-0.39, 0.29) is 5.41 Å². The molecule has 0 saturated carbocycles. The second-order valence-electron chi connectivity index (χ2n) is 9.01. The number of ether oxygens (including phenoxy) is 1. The van der Waals surface area contributed by atoms with Gasteiger partial charge in [0.1, 0.15) is 18.5 Å². The number of hydrogen-bond donors (Lipinski definition) is 2. The molecule has 1 unspecified atom stereocenters. The lowest BCUT2D eigenvalue weighted by Gasteiger charge is -2.21. The summed E-state index contributed by atoms with van der Waals surface area (Å²) in [7, 11) is 0. The quantitative estimate of drug-likeness (QED) is 0.642. The number of nitrogens with zero attached hydrogens (tertiary/aromatic N) is 1. The van der Waals surface area contributed by atoms with Crippen molar-refractivity contribution in [2.45, 2.75) is 71.3 Å². The van der Waals surface area contributed by atoms with Crippen molar-refractivity contribution in [3.8, 4) is 5.75 Å². The number of aliphatic hydroxyl groups excluding tert-OH is 1. The minimum Gasteiger partial charge on any atom is -0.491 e. The van der Waals surface area contributed by atoms with Crippen molar-refractivity contribution in [1.29, 1.82) is 0 Å². The molecule has 1 fully saturated rings. The maximum absolute atomic E-state index is 10.2. The first kappa shape index (κ1) is 22.2. The molecule has 1 atom stereocenters. The molecule has 1 saturated heterocycles. The van der Waals surface area contributed by atoms with Crippen molar-refractivity contribution in [1.82, 2.24) is 10.2 Å². The second-order valence-corrected chi connectivity index (χ2v) is 9.01. The van der Waals surface area contributed by atoms with Gasteiger partial charge in [-0.15, -0.1) is 0 Å². The summed E-state index contributed by atoms with van der Waals surface area (Å²) in [5.41, 5.74) is 2.57. The molecule has 4 nitrogen and oxygen atoms in total. The SMILES string of the molecule is Cc1cc(C(C)(C)C)ccc1OCC(O)CNCCCN1CCCCCC1. The Morgan fingerprint density at radius 3 is 2.48 bits per heavy atom. The zero-order valence-electron chi connectivity index (χ0n) is 17.9. The Morgan fingerprint density at radius 1 is 1.15 bits per heavy atom. The van der Waals surface area contributed by atoms with Crippen LogP contribution in [0.15, 0.2) is 18.2 Å². The van der Waals surface area contributed by atoms with Crippen LogP contribution in [0.4, 0.5) is 0 Å². The summed E-state index contributed by atoms with van der Waals surface area (Å²) in [5, 5.41) is 13.5. The minimum absolute atomic E-state index is 0.139. The monoisotopic (exact) mass is 376 g/mol. The van der Waals surface area contributed by atoms with Gasteiger partial charge < -0.3 is 20.1 Å². The van der Waals surface area contributed by atoms with Crippen LogP contribution < -0.4 is 10.1 Å². The smallest absolute Gasteiger partial charge is 0.122 e. The lowest BCUT2D eigenvalue weighted by Crippen LogP contribution is -2.34. The highest BCUT2D eigenvalue weighted by Crippen LogP contribution is 2.27. The van der Waals surface area contributed by atoms with E-state index in [9.17, 15) is 5.11 Å². The van der Waals surface area contributed by atoms with Crippen LogP contribution in [0.5, 0.6) is 5.75 Å². The van der Waals surface area contributed by atoms with Gasteiger partial charge in [0, 0.05) is 6.54 Å². The Bertz CT molecular complexity index is 546. The van der Waals surface area contributed by atoms with Gasteiger partial charge in [-0.2, -0.15) is 0 Å². The molecular formula is C23H40N2O2. The Balaban J connectivity index is 1.61. The first-order valence-corrected chi connectivity index (χ1v) is 10.7. The zero-order valence-corrected chi connectivity index (χ0v) is 17.9. The standard InChI is InChI=1S/C23H40N2O2/c1-19-16-20(23(2,3)4)10-11-22(19)27-18-21(26)17-24-12-9-15-25-13-7-5-6-8-14-25/h10-11,16,21,24,26H,5-9,12-15,17-18H2,1-4H3. The molecule has 0 aromatic heterocycles. The van der Waals surface area contributed by atoms with Crippen molar-refractivity contribution in [2.24, 2.45) is 0 Å². The average Bonchev–Trinajstić information content (AvgIpc) is 2.88. The number of aryl methyl sites for hydroxylation is 1. The van der Waals surface area contributed by atoms with E-state index in [2.05, 4.69) is 50.0 Å². The molecule has 0 aliphatic carbocycles. The second kappa shape index (κ2) is 11.0. The summed E-state index contributed by atoms with van der Waals surface area (Å²) in [6, 6.07) is 6.33. The van der Waals surface area contributed by atoms with Crippen molar-refractivity contribution in [2.75, 3.05) is 39.3 Å². The largest absolute Gasteiger partial charge is 0.491 e. The third-order valence-corrected chi connectivity index (χ3v) is 5.38. The molecule has 2 rings (SSSR count). The summed E-state index contributed by atoms with van der Waals surface area (Å²) >= 11 is 0. The predicted molar refractivity (Wildman–Crippen MR) is 114 cm³/mol. The number of nitrogens with one attached hydrogen (secondary N) is 1. The number of likely N-dealkylation sites (tertiary alicyclic amines) is 1. The first-order chi connectivity index (χ1) is 12.9. The molecule has 4 heteroatoms. The van der Waals surface area contributed by atoms with Crippen molar-refractivity contribution in [3.63, 3.8) is 0 Å². The fraction of sp³-hybridized carbons (Fsp3) is 0.739. The van der Waals surface area contributed by atoms with Crippen LogP contribution in [0.2, 0.25) is 0 Å². The van der Waals surface area contributed by atoms with Gasteiger partial charge in [0.15, 0.2) is 0 Å². The van der Waals surface area contributed by atoms with Gasteiger partial charge in [0.25, 0.3) is 0 Å². The topological polar surface area (TPSA) is 44.7 Å². The minimum atomic E-state index is -0.482. The molecule has 1 aromatic rings. The Labute approximate surface area is 166 Å². The lowest BCUT2D eigenvalue weighted by atomic mass is 9.86. The Morgan fingerprint density at radius 2 is 1.85 bits per heavy atom. The molecule has 154 valence electrons. The zero-order chi connectivity index (χ0) is 19.7. The van der Waals surface area contributed by atoms with Gasteiger partial charge in [-0.05, 0) is 75.0 Å². The van der Waals surface area contributed by atoms with Crippen LogP contribution >= 0.6 is 0 Å². The van der Waals surface area contributed by atoms with E-state index in [1.807, 2.05) is 6.07 Å². The summed E-state index contributed by atoms with van der Waals surface area (Å²) in [6.45, 7) is 14.2. The highest BCUT2D eigenvalue weighted by atomic mass is 16.5. The lowest BCUT2D eigenvalue weighted by molar-refractivity contribution is 0.106. The molecule has 1 heterocycles. The van der Waals surface area contributed by atoms with Gasteiger partial charge in [0.2, 0.25) is 0 Å². The number of aliphatic hydroxyl groups is 1. The van der Waals surface area contributed by atoms with Gasteiger partial charge in [0.05, 0.1) is 0 Å². The fourth-order valence-corrected chi connectivity index (χ4v) is 3.58. The number of rotatable bonds is 9. The molecular weight excluding hydrogens is 336 g/mol. The molecule has 0 spiro atoms. The molecule has 0 radical (unpaired) electrons.